The number of hydrogen-bond donors (Lipinski definition) is 0. The number of pyridine rings is 2. The van der Waals surface area contributed by atoms with Gasteiger partial charge < -0.3 is 9.30 Å². The van der Waals surface area contributed by atoms with Crippen molar-refractivity contribution in [3.05, 3.63) is 170 Å². The van der Waals surface area contributed by atoms with Crippen molar-refractivity contribution in [3.8, 4) is 39.8 Å². The smallest absolute Gasteiger partial charge is 0.397 e. The minimum absolute atomic E-state index is 0.715. The van der Waals surface area contributed by atoms with Crippen molar-refractivity contribution in [2.24, 2.45) is 0 Å². The van der Waals surface area contributed by atoms with Gasteiger partial charge in [-0.2, -0.15) is 9.13 Å². The second kappa shape index (κ2) is 8.77. The molecule has 5 aromatic heterocycles. The number of ether oxygens (including phenoxy) is 1. The zero-order chi connectivity index (χ0) is 33.0. The lowest BCUT2D eigenvalue weighted by atomic mass is 9.84. The molecule has 3 aliphatic rings. The van der Waals surface area contributed by atoms with Gasteiger partial charge in [-0.15, -0.1) is 4.68 Å². The Hall–Kier alpha value is -6.99. The average Bonchev–Trinajstić information content (AvgIpc) is 3.93. The van der Waals surface area contributed by atoms with Gasteiger partial charge in [0.1, 0.15) is 28.3 Å². The fraction of sp³-hybridized carbons (Fsp3) is 0.0227. The molecule has 7 heteroatoms. The van der Waals surface area contributed by atoms with Crippen LogP contribution in [0.4, 0.5) is 0 Å². The van der Waals surface area contributed by atoms with Gasteiger partial charge in [-0.25, -0.2) is 0 Å². The number of benzene rings is 5. The van der Waals surface area contributed by atoms with Gasteiger partial charge in [0.25, 0.3) is 5.82 Å². The third-order valence-electron chi connectivity index (χ3n) is 11.4. The molecule has 0 amide bonds. The molecule has 10 aromatic rings. The van der Waals surface area contributed by atoms with Crippen LogP contribution in [-0.2, 0) is 5.66 Å². The fourth-order valence-corrected chi connectivity index (χ4v) is 9.46. The van der Waals surface area contributed by atoms with E-state index >= 15 is 0 Å². The monoisotopic (exact) mass is 654 g/mol. The third kappa shape index (κ3) is 2.90. The van der Waals surface area contributed by atoms with Gasteiger partial charge in [-0.1, -0.05) is 59.3 Å². The van der Waals surface area contributed by atoms with Gasteiger partial charge >= 0.3 is 5.66 Å². The average molecular weight is 655 g/mol. The van der Waals surface area contributed by atoms with Crippen LogP contribution in [0.15, 0.2) is 158 Å². The molecule has 1 unspecified atom stereocenters. The van der Waals surface area contributed by atoms with Crippen molar-refractivity contribution >= 4 is 43.6 Å². The maximum atomic E-state index is 6.83. The number of rotatable bonds is 2. The maximum absolute atomic E-state index is 6.83. The van der Waals surface area contributed by atoms with Gasteiger partial charge in [0, 0.05) is 39.5 Å². The lowest BCUT2D eigenvalue weighted by Gasteiger charge is -2.32. The van der Waals surface area contributed by atoms with Crippen molar-refractivity contribution in [2.45, 2.75) is 5.66 Å². The Kier molecular flexibility index (Phi) is 4.46. The summed E-state index contributed by atoms with van der Waals surface area (Å²) in [5, 5.41) is 4.86. The van der Waals surface area contributed by atoms with Crippen LogP contribution in [0, 0.1) is 0 Å². The van der Waals surface area contributed by atoms with Crippen LogP contribution in [0.1, 0.15) is 11.1 Å². The molecular weight excluding hydrogens is 629 g/mol. The molecule has 1 atom stereocenters. The van der Waals surface area contributed by atoms with Crippen molar-refractivity contribution < 1.29 is 14.0 Å². The van der Waals surface area contributed by atoms with Gasteiger partial charge in [0.2, 0.25) is 6.20 Å². The van der Waals surface area contributed by atoms with Crippen molar-refractivity contribution in [3.63, 3.8) is 0 Å². The molecule has 3 aliphatic heterocycles. The molecule has 0 saturated heterocycles. The first-order valence-electron chi connectivity index (χ1n) is 17.3. The highest BCUT2D eigenvalue weighted by atomic mass is 16.5. The summed E-state index contributed by atoms with van der Waals surface area (Å²) in [5.74, 6) is 2.87. The zero-order valence-corrected chi connectivity index (χ0v) is 27.1. The highest BCUT2D eigenvalue weighted by molar-refractivity contribution is 6.12. The summed E-state index contributed by atoms with van der Waals surface area (Å²) in [6.45, 7) is 0. The normalized spacial score (nSPS) is 16.1. The van der Waals surface area contributed by atoms with Crippen LogP contribution in [0.25, 0.3) is 71.9 Å². The lowest BCUT2D eigenvalue weighted by molar-refractivity contribution is -0.993. The summed E-state index contributed by atoms with van der Waals surface area (Å²) in [6.07, 6.45) is 10.7. The second-order valence-corrected chi connectivity index (χ2v) is 13.7. The summed E-state index contributed by atoms with van der Waals surface area (Å²) >= 11 is 0. The Morgan fingerprint density at radius 1 is 0.608 bits per heavy atom. The molecule has 0 bridgehead atoms. The minimum Gasteiger partial charge on any atom is -0.456 e. The summed E-state index contributed by atoms with van der Waals surface area (Å²) in [6, 6.07) is 45.6. The van der Waals surface area contributed by atoms with E-state index in [9.17, 15) is 0 Å². The van der Waals surface area contributed by atoms with Crippen molar-refractivity contribution in [2.75, 3.05) is 0 Å². The zero-order valence-electron chi connectivity index (χ0n) is 27.1. The summed E-state index contributed by atoms with van der Waals surface area (Å²) < 4.78 is 18.8. The Labute approximate surface area is 290 Å². The van der Waals surface area contributed by atoms with E-state index in [2.05, 4.69) is 174 Å². The van der Waals surface area contributed by atoms with Gasteiger partial charge in [0.05, 0.1) is 35.2 Å². The molecule has 236 valence electrons. The van der Waals surface area contributed by atoms with Gasteiger partial charge in [0.15, 0.2) is 11.1 Å². The van der Waals surface area contributed by atoms with Crippen LogP contribution in [-0.4, -0.2) is 18.8 Å². The van der Waals surface area contributed by atoms with E-state index in [-0.39, 0.29) is 0 Å². The highest BCUT2D eigenvalue weighted by Gasteiger charge is 2.68. The van der Waals surface area contributed by atoms with Crippen molar-refractivity contribution in [1.29, 1.82) is 0 Å². The molecule has 7 nitrogen and oxygen atoms in total. The molecule has 0 radical (unpaired) electrons. The molecule has 13 rings (SSSR count). The van der Waals surface area contributed by atoms with Gasteiger partial charge in [-0.3, -0.25) is 4.98 Å². The Morgan fingerprint density at radius 3 is 2.39 bits per heavy atom. The van der Waals surface area contributed by atoms with E-state index < -0.39 is 5.66 Å². The molecule has 5 aromatic carbocycles. The fourth-order valence-electron chi connectivity index (χ4n) is 9.46. The first kappa shape index (κ1) is 26.0. The highest BCUT2D eigenvalue weighted by Crippen LogP contribution is 2.55. The summed E-state index contributed by atoms with van der Waals surface area (Å²) in [5.41, 5.74) is 10.7. The van der Waals surface area contributed by atoms with Crippen LogP contribution in [0.3, 0.4) is 0 Å². The topological polar surface area (TPSA) is 44.7 Å². The quantitative estimate of drug-likeness (QED) is 0.176. The molecular formula is C44H26N6O+2. The molecule has 0 fully saturated rings. The number of para-hydroxylation sites is 2. The Bertz CT molecular complexity index is 3190. The predicted molar refractivity (Wildman–Crippen MR) is 196 cm³/mol. The minimum atomic E-state index is -0.715. The predicted octanol–water partition coefficient (Wildman–Crippen LogP) is 8.34. The first-order valence-corrected chi connectivity index (χ1v) is 17.3. The van der Waals surface area contributed by atoms with E-state index in [1.54, 1.807) is 0 Å². The van der Waals surface area contributed by atoms with E-state index in [1.165, 1.54) is 32.6 Å². The number of aromatic nitrogens is 6. The first-order chi connectivity index (χ1) is 25.3. The van der Waals surface area contributed by atoms with E-state index in [0.717, 1.165) is 62.0 Å². The standard InChI is InChI=1S/C44H26N6O/c1-2-9-29(10-3-1)49-36-23-27(16-17-31(36)32-20-21-45-24-37(32)49)28-25-47-35-13-8-14-38-41(35)44(48(47)26-28)42-39(51-38)19-18-33-30-11-4-5-12-34(30)50(43(33)42)40-15-6-7-22-46(40)44/h1-26H/q+2. The van der Waals surface area contributed by atoms with E-state index in [0.29, 0.717) is 0 Å². The molecule has 0 N–H and O–H groups in total. The molecule has 8 heterocycles. The van der Waals surface area contributed by atoms with Crippen molar-refractivity contribution in [1.82, 2.24) is 18.8 Å². The molecule has 0 aliphatic carbocycles. The summed E-state index contributed by atoms with van der Waals surface area (Å²) in [4.78, 5) is 4.51. The third-order valence-corrected chi connectivity index (χ3v) is 11.4. The molecule has 51 heavy (non-hydrogen) atoms. The molecule has 0 saturated carbocycles. The van der Waals surface area contributed by atoms with E-state index in [1.807, 2.05) is 12.4 Å². The Morgan fingerprint density at radius 2 is 1.43 bits per heavy atom. The number of nitrogens with zero attached hydrogens (tertiary/aromatic N) is 6. The van der Waals surface area contributed by atoms with Gasteiger partial charge in [-0.05, 0) is 72.3 Å². The van der Waals surface area contributed by atoms with E-state index in [4.69, 9.17) is 4.74 Å². The molecule has 1 spiro atoms. The van der Waals surface area contributed by atoms with Crippen LogP contribution >= 0.6 is 0 Å². The SMILES string of the molecule is c1ccc(-n2c3cnccc3c3ccc(-c4cn5[n+](c4)C46c7c(cccc7-5)Oc5ccc7c8ccccc8n(c7c54)-c4cccc[n+]46)cc32)cc1. The second-order valence-electron chi connectivity index (χ2n) is 13.7. The van der Waals surface area contributed by atoms with Crippen LogP contribution in [0.2, 0.25) is 0 Å². The Balaban J connectivity index is 1.14. The summed E-state index contributed by atoms with van der Waals surface area (Å²) in [7, 11) is 0. The van der Waals surface area contributed by atoms with Crippen LogP contribution < -0.4 is 14.0 Å². The lowest BCUT2D eigenvalue weighted by Crippen LogP contribution is -2.76. The van der Waals surface area contributed by atoms with Crippen LogP contribution in [0.5, 0.6) is 11.5 Å². The number of fused-ring (bicyclic) bond motifs is 10. The number of hydrogen-bond acceptors (Lipinski definition) is 2. The largest absolute Gasteiger partial charge is 0.456 e. The maximum Gasteiger partial charge on any atom is 0.397 e.